The van der Waals surface area contributed by atoms with Crippen molar-refractivity contribution in [1.29, 1.82) is 0 Å². The molecule has 1 unspecified atom stereocenters. The Morgan fingerprint density at radius 1 is 1.54 bits per heavy atom. The standard InChI is InChI=1S/C9H11NOS2/c1-2-11-9(12)10-7-5-3-4-6-8(7)13-9/h3-6,10,12H,2H2,1H3. The molecular weight excluding hydrogens is 202 g/mol. The molecule has 1 N–H and O–H groups in total. The Morgan fingerprint density at radius 2 is 2.31 bits per heavy atom. The van der Waals surface area contributed by atoms with E-state index in [-0.39, 0.29) is 0 Å². The summed E-state index contributed by atoms with van der Waals surface area (Å²) in [6, 6.07) is 8.10. The minimum Gasteiger partial charge on any atom is -0.339 e. The van der Waals surface area contributed by atoms with Crippen LogP contribution in [0.25, 0.3) is 0 Å². The molecule has 1 aliphatic rings. The van der Waals surface area contributed by atoms with Crippen LogP contribution >= 0.6 is 24.4 Å². The van der Waals surface area contributed by atoms with Crippen LogP contribution < -0.4 is 5.32 Å². The van der Waals surface area contributed by atoms with E-state index in [0.29, 0.717) is 6.61 Å². The second-order valence-corrected chi connectivity index (χ2v) is 4.89. The van der Waals surface area contributed by atoms with E-state index < -0.39 is 4.39 Å². The zero-order valence-corrected chi connectivity index (χ0v) is 8.99. The molecule has 0 radical (unpaired) electrons. The van der Waals surface area contributed by atoms with E-state index in [0.717, 1.165) is 5.69 Å². The van der Waals surface area contributed by atoms with E-state index in [2.05, 4.69) is 24.0 Å². The number of hydrogen-bond donors (Lipinski definition) is 2. The summed E-state index contributed by atoms with van der Waals surface area (Å²) in [7, 11) is 0. The molecule has 0 aliphatic carbocycles. The van der Waals surface area contributed by atoms with Gasteiger partial charge < -0.3 is 10.1 Å². The van der Waals surface area contributed by atoms with E-state index >= 15 is 0 Å². The van der Waals surface area contributed by atoms with Crippen LogP contribution in [0.4, 0.5) is 5.69 Å². The predicted octanol–water partition coefficient (Wildman–Crippen LogP) is 2.78. The lowest BCUT2D eigenvalue weighted by Gasteiger charge is -2.21. The van der Waals surface area contributed by atoms with Gasteiger partial charge in [0, 0.05) is 11.5 Å². The second kappa shape index (κ2) is 3.44. The van der Waals surface area contributed by atoms with Gasteiger partial charge in [0.05, 0.1) is 5.69 Å². The van der Waals surface area contributed by atoms with Crippen LogP contribution in [0.1, 0.15) is 6.92 Å². The van der Waals surface area contributed by atoms with Crippen molar-refractivity contribution in [3.63, 3.8) is 0 Å². The first-order valence-corrected chi connectivity index (χ1v) is 5.42. The summed E-state index contributed by atoms with van der Waals surface area (Å²) in [4.78, 5) is 1.19. The van der Waals surface area contributed by atoms with Gasteiger partial charge in [-0.1, -0.05) is 23.9 Å². The topological polar surface area (TPSA) is 21.3 Å². The van der Waals surface area contributed by atoms with Crippen LogP contribution in [0.15, 0.2) is 29.2 Å². The Morgan fingerprint density at radius 3 is 3.00 bits per heavy atom. The molecule has 4 heteroatoms. The normalized spacial score (nSPS) is 25.4. The molecule has 2 rings (SSSR count). The molecule has 1 heterocycles. The molecule has 1 atom stereocenters. The smallest absolute Gasteiger partial charge is 0.239 e. The largest absolute Gasteiger partial charge is 0.339 e. The number of rotatable bonds is 2. The Labute approximate surface area is 87.5 Å². The molecule has 0 amide bonds. The van der Waals surface area contributed by atoms with Crippen LogP contribution in [0.2, 0.25) is 0 Å². The number of hydrogen-bond acceptors (Lipinski definition) is 4. The van der Waals surface area contributed by atoms with Gasteiger partial charge in [0.25, 0.3) is 0 Å². The van der Waals surface area contributed by atoms with Gasteiger partial charge in [-0.3, -0.25) is 0 Å². The van der Waals surface area contributed by atoms with Gasteiger partial charge >= 0.3 is 0 Å². The number of benzene rings is 1. The number of ether oxygens (including phenoxy) is 1. The molecular formula is C9H11NOS2. The van der Waals surface area contributed by atoms with E-state index in [1.807, 2.05) is 25.1 Å². The SMILES string of the molecule is CCOC1(S)Nc2ccccc2S1. The highest BCUT2D eigenvalue weighted by Crippen LogP contribution is 2.47. The molecule has 0 aromatic heterocycles. The average molecular weight is 213 g/mol. The Kier molecular flexibility index (Phi) is 2.45. The van der Waals surface area contributed by atoms with Crippen LogP contribution in [0, 0.1) is 0 Å². The summed E-state index contributed by atoms with van der Waals surface area (Å²) in [5.74, 6) is 0. The summed E-state index contributed by atoms with van der Waals surface area (Å²) >= 11 is 6.03. The summed E-state index contributed by atoms with van der Waals surface area (Å²) in [5, 5.41) is 3.22. The lowest BCUT2D eigenvalue weighted by atomic mass is 10.3. The molecule has 0 bridgehead atoms. The first kappa shape index (κ1) is 9.24. The monoisotopic (exact) mass is 213 g/mol. The third kappa shape index (κ3) is 1.80. The van der Waals surface area contributed by atoms with Gasteiger partial charge in [0.15, 0.2) is 0 Å². The third-order valence-electron chi connectivity index (χ3n) is 1.77. The Bertz CT molecular complexity index is 291. The number of thiol groups is 1. The average Bonchev–Trinajstić information content (AvgIpc) is 2.40. The van der Waals surface area contributed by atoms with Gasteiger partial charge in [0.2, 0.25) is 4.39 Å². The van der Waals surface area contributed by atoms with Crippen LogP contribution in [0.5, 0.6) is 0 Å². The third-order valence-corrected chi connectivity index (χ3v) is 3.36. The number of thioether (sulfide) groups is 1. The first-order valence-electron chi connectivity index (χ1n) is 4.16. The van der Waals surface area contributed by atoms with Crippen molar-refractivity contribution in [1.82, 2.24) is 0 Å². The number of para-hydroxylation sites is 1. The fourth-order valence-corrected chi connectivity index (χ4v) is 2.82. The molecule has 2 nitrogen and oxygen atoms in total. The number of anilines is 1. The molecule has 0 spiro atoms. The maximum absolute atomic E-state index is 5.49. The molecule has 1 aliphatic heterocycles. The van der Waals surface area contributed by atoms with E-state index in [4.69, 9.17) is 4.74 Å². The highest BCUT2D eigenvalue weighted by Gasteiger charge is 2.34. The van der Waals surface area contributed by atoms with Gasteiger partial charge in [-0.25, -0.2) is 0 Å². The second-order valence-electron chi connectivity index (χ2n) is 2.74. The minimum absolute atomic E-state index is 0.585. The number of nitrogens with one attached hydrogen (secondary N) is 1. The predicted molar refractivity (Wildman–Crippen MR) is 59.3 cm³/mol. The minimum atomic E-state index is -0.585. The molecule has 1 aromatic carbocycles. The summed E-state index contributed by atoms with van der Waals surface area (Å²) in [6.45, 7) is 2.61. The fraction of sp³-hybridized carbons (Fsp3) is 0.333. The molecule has 0 saturated carbocycles. The molecule has 0 fully saturated rings. The quantitative estimate of drug-likeness (QED) is 0.582. The highest BCUT2D eigenvalue weighted by atomic mass is 32.2. The summed E-state index contributed by atoms with van der Waals surface area (Å²) in [5.41, 5.74) is 1.09. The lowest BCUT2D eigenvalue weighted by molar-refractivity contribution is 0.123. The van der Waals surface area contributed by atoms with E-state index in [1.54, 1.807) is 11.8 Å². The van der Waals surface area contributed by atoms with Gasteiger partial charge in [0.1, 0.15) is 0 Å². The Balaban J connectivity index is 2.21. The van der Waals surface area contributed by atoms with Crippen molar-refractivity contribution in [2.24, 2.45) is 0 Å². The van der Waals surface area contributed by atoms with Crippen molar-refractivity contribution >= 4 is 30.1 Å². The van der Waals surface area contributed by atoms with Crippen LogP contribution in [-0.4, -0.2) is 11.0 Å². The van der Waals surface area contributed by atoms with Gasteiger partial charge in [-0.15, -0.1) is 12.6 Å². The fourth-order valence-electron chi connectivity index (χ4n) is 1.26. The maximum Gasteiger partial charge on any atom is 0.239 e. The molecule has 70 valence electrons. The van der Waals surface area contributed by atoms with Crippen molar-refractivity contribution in [2.75, 3.05) is 11.9 Å². The molecule has 1 aromatic rings. The maximum atomic E-state index is 5.49. The van der Waals surface area contributed by atoms with E-state index in [1.165, 1.54) is 4.90 Å². The highest BCUT2D eigenvalue weighted by molar-refractivity contribution is 8.11. The van der Waals surface area contributed by atoms with Crippen molar-refractivity contribution in [3.05, 3.63) is 24.3 Å². The zero-order chi connectivity index (χ0) is 9.31. The number of fused-ring (bicyclic) bond motifs is 1. The van der Waals surface area contributed by atoms with Gasteiger partial charge in [-0.2, -0.15) is 0 Å². The first-order chi connectivity index (χ1) is 6.23. The molecule has 0 saturated heterocycles. The van der Waals surface area contributed by atoms with Gasteiger partial charge in [-0.05, 0) is 19.1 Å². The Hall–Kier alpha value is -0.320. The summed E-state index contributed by atoms with van der Waals surface area (Å²) in [6.07, 6.45) is 0. The zero-order valence-electron chi connectivity index (χ0n) is 7.28. The summed E-state index contributed by atoms with van der Waals surface area (Å²) < 4.78 is 4.90. The van der Waals surface area contributed by atoms with E-state index in [9.17, 15) is 0 Å². The lowest BCUT2D eigenvalue weighted by Crippen LogP contribution is -2.27. The molecule has 13 heavy (non-hydrogen) atoms. The van der Waals surface area contributed by atoms with Crippen molar-refractivity contribution < 1.29 is 4.74 Å². The van der Waals surface area contributed by atoms with Crippen molar-refractivity contribution in [2.45, 2.75) is 16.2 Å². The van der Waals surface area contributed by atoms with Crippen LogP contribution in [0.3, 0.4) is 0 Å². The van der Waals surface area contributed by atoms with Crippen molar-refractivity contribution in [3.8, 4) is 0 Å². The van der Waals surface area contributed by atoms with Crippen LogP contribution in [-0.2, 0) is 4.74 Å².